The smallest absolute Gasteiger partial charge is 0.406 e. The van der Waals surface area contributed by atoms with Gasteiger partial charge in [-0.3, -0.25) is 4.90 Å². The Kier molecular flexibility index (Phi) is 9.39. The minimum Gasteiger partial charge on any atom is -0.406 e. The largest absolute Gasteiger partial charge is 0.573 e. The molecule has 0 radical (unpaired) electrons. The molecule has 0 saturated carbocycles. The van der Waals surface area contributed by atoms with Crippen molar-refractivity contribution in [1.82, 2.24) is 14.5 Å². The summed E-state index contributed by atoms with van der Waals surface area (Å²) in [7, 11) is 0. The van der Waals surface area contributed by atoms with Gasteiger partial charge in [0.25, 0.3) is 0 Å². The Balaban J connectivity index is 1.58. The van der Waals surface area contributed by atoms with Crippen LogP contribution in [0.4, 0.5) is 13.2 Å². The summed E-state index contributed by atoms with van der Waals surface area (Å²) in [5.41, 5.74) is 5.91. The number of benzene rings is 4. The summed E-state index contributed by atoms with van der Waals surface area (Å²) in [6.45, 7) is 4.57. The lowest BCUT2D eigenvalue weighted by atomic mass is 10.1. The highest BCUT2D eigenvalue weighted by atomic mass is 19.4. The van der Waals surface area contributed by atoms with Gasteiger partial charge in [0.15, 0.2) is 0 Å². The SMILES string of the molecule is CCCCn1c(-c2ccccc2)nc(-c2ccccc2)c1CN(Cc1ccccc1)Cc1cccc(OC(F)(F)F)c1. The van der Waals surface area contributed by atoms with Gasteiger partial charge in [0, 0.05) is 37.3 Å². The molecule has 0 aliphatic heterocycles. The van der Waals surface area contributed by atoms with E-state index >= 15 is 0 Å². The number of hydrogen-bond acceptors (Lipinski definition) is 3. The number of halogens is 3. The van der Waals surface area contributed by atoms with E-state index in [-0.39, 0.29) is 5.75 Å². The molecule has 0 N–H and O–H groups in total. The van der Waals surface area contributed by atoms with Crippen molar-refractivity contribution in [2.75, 3.05) is 0 Å². The minimum absolute atomic E-state index is 0.219. The number of hydrogen-bond donors (Lipinski definition) is 0. The van der Waals surface area contributed by atoms with E-state index in [9.17, 15) is 13.2 Å². The predicted molar refractivity (Wildman–Crippen MR) is 161 cm³/mol. The third-order valence-corrected chi connectivity index (χ3v) is 7.05. The summed E-state index contributed by atoms with van der Waals surface area (Å²) in [5.74, 6) is 0.696. The number of aromatic nitrogens is 2. The van der Waals surface area contributed by atoms with Crippen LogP contribution >= 0.6 is 0 Å². The summed E-state index contributed by atoms with van der Waals surface area (Å²) in [4.78, 5) is 7.47. The van der Waals surface area contributed by atoms with Gasteiger partial charge < -0.3 is 9.30 Å². The van der Waals surface area contributed by atoms with Crippen molar-refractivity contribution in [2.45, 2.75) is 52.3 Å². The molecule has 4 aromatic carbocycles. The van der Waals surface area contributed by atoms with Crippen molar-refractivity contribution in [3.8, 4) is 28.4 Å². The first kappa shape index (κ1) is 29.1. The lowest BCUT2D eigenvalue weighted by Crippen LogP contribution is -2.25. The summed E-state index contributed by atoms with van der Waals surface area (Å²) >= 11 is 0. The average molecular weight is 570 g/mol. The Morgan fingerprint density at radius 1 is 0.714 bits per heavy atom. The lowest BCUT2D eigenvalue weighted by Gasteiger charge is -2.25. The van der Waals surface area contributed by atoms with Crippen LogP contribution in [0.1, 0.15) is 36.6 Å². The minimum atomic E-state index is -4.74. The number of imidazole rings is 1. The fourth-order valence-electron chi connectivity index (χ4n) is 5.16. The first-order chi connectivity index (χ1) is 20.4. The fourth-order valence-corrected chi connectivity index (χ4v) is 5.16. The molecule has 216 valence electrons. The standard InChI is InChI=1S/C35H34F3N3O/c1-2-3-22-41-32(33(29-17-9-5-10-18-29)39-34(41)30-19-11-6-12-20-30)26-40(24-27-14-7-4-8-15-27)25-28-16-13-21-31(23-28)42-35(36,37)38/h4-21,23H,2-3,22,24-26H2,1H3. The molecule has 0 aliphatic rings. The predicted octanol–water partition coefficient (Wildman–Crippen LogP) is 9.12. The maximum atomic E-state index is 13.0. The molecule has 0 aliphatic carbocycles. The van der Waals surface area contributed by atoms with E-state index in [2.05, 4.69) is 57.5 Å². The molecule has 0 unspecified atom stereocenters. The second kappa shape index (κ2) is 13.5. The molecule has 0 atom stereocenters. The Morgan fingerprint density at radius 3 is 1.95 bits per heavy atom. The maximum Gasteiger partial charge on any atom is 0.573 e. The number of rotatable bonds is 12. The van der Waals surface area contributed by atoms with Crippen LogP contribution in [0.5, 0.6) is 5.75 Å². The zero-order chi connectivity index (χ0) is 29.4. The van der Waals surface area contributed by atoms with Crippen LogP contribution in [0.15, 0.2) is 115 Å². The number of alkyl halides is 3. The van der Waals surface area contributed by atoms with Crippen LogP contribution in [0.25, 0.3) is 22.6 Å². The highest BCUT2D eigenvalue weighted by Gasteiger charge is 2.31. The van der Waals surface area contributed by atoms with Gasteiger partial charge in [0.05, 0.1) is 11.4 Å². The van der Waals surface area contributed by atoms with Crippen LogP contribution in [-0.2, 0) is 26.2 Å². The van der Waals surface area contributed by atoms with Gasteiger partial charge in [-0.15, -0.1) is 13.2 Å². The van der Waals surface area contributed by atoms with E-state index in [4.69, 9.17) is 4.98 Å². The third-order valence-electron chi connectivity index (χ3n) is 7.05. The third kappa shape index (κ3) is 7.68. The van der Waals surface area contributed by atoms with Crippen LogP contribution in [0, 0.1) is 0 Å². The van der Waals surface area contributed by atoms with Crippen molar-refractivity contribution in [3.05, 3.63) is 132 Å². The summed E-state index contributed by atoms with van der Waals surface area (Å²) in [6.07, 6.45) is -2.72. The Bertz CT molecular complexity index is 1550. The molecular weight excluding hydrogens is 535 g/mol. The zero-order valence-corrected chi connectivity index (χ0v) is 23.6. The molecule has 7 heteroatoms. The Morgan fingerprint density at radius 2 is 1.31 bits per heavy atom. The molecule has 0 spiro atoms. The first-order valence-electron chi connectivity index (χ1n) is 14.2. The topological polar surface area (TPSA) is 30.3 Å². The van der Waals surface area contributed by atoms with E-state index in [1.54, 1.807) is 6.07 Å². The molecular formula is C35H34F3N3O. The Hall–Kier alpha value is -4.36. The average Bonchev–Trinajstić information content (AvgIpc) is 3.34. The van der Waals surface area contributed by atoms with E-state index < -0.39 is 6.36 Å². The van der Waals surface area contributed by atoms with Gasteiger partial charge >= 0.3 is 6.36 Å². The molecule has 42 heavy (non-hydrogen) atoms. The molecule has 5 rings (SSSR count). The second-order valence-corrected chi connectivity index (χ2v) is 10.3. The van der Waals surface area contributed by atoms with Crippen molar-refractivity contribution in [1.29, 1.82) is 0 Å². The molecule has 0 amide bonds. The first-order valence-corrected chi connectivity index (χ1v) is 14.2. The van der Waals surface area contributed by atoms with E-state index in [0.717, 1.165) is 58.9 Å². The number of nitrogens with zero attached hydrogens (tertiary/aromatic N) is 3. The maximum absolute atomic E-state index is 13.0. The molecule has 0 fully saturated rings. The lowest BCUT2D eigenvalue weighted by molar-refractivity contribution is -0.274. The molecule has 0 saturated heterocycles. The highest BCUT2D eigenvalue weighted by molar-refractivity contribution is 5.68. The van der Waals surface area contributed by atoms with Gasteiger partial charge in [-0.05, 0) is 29.7 Å². The summed E-state index contributed by atoms with van der Waals surface area (Å²) < 4.78 is 45.4. The fraction of sp³-hybridized carbons (Fsp3) is 0.229. The Labute approximate surface area is 245 Å². The normalized spacial score (nSPS) is 11.6. The molecule has 0 bridgehead atoms. The van der Waals surface area contributed by atoms with E-state index in [1.807, 2.05) is 60.7 Å². The van der Waals surface area contributed by atoms with Gasteiger partial charge in [0.2, 0.25) is 0 Å². The molecule has 5 aromatic rings. The van der Waals surface area contributed by atoms with Gasteiger partial charge in [-0.1, -0.05) is 116 Å². The number of unbranched alkanes of at least 4 members (excludes halogenated alkanes) is 1. The molecule has 1 aromatic heterocycles. The van der Waals surface area contributed by atoms with Crippen molar-refractivity contribution < 1.29 is 17.9 Å². The van der Waals surface area contributed by atoms with Crippen LogP contribution in [-0.4, -0.2) is 20.8 Å². The second-order valence-electron chi connectivity index (χ2n) is 10.3. The summed E-state index contributed by atoms with van der Waals surface area (Å²) in [5, 5.41) is 0. The van der Waals surface area contributed by atoms with Gasteiger partial charge in [-0.25, -0.2) is 4.98 Å². The van der Waals surface area contributed by atoms with Gasteiger partial charge in [-0.2, -0.15) is 0 Å². The zero-order valence-electron chi connectivity index (χ0n) is 23.6. The molecule has 1 heterocycles. The quantitative estimate of drug-likeness (QED) is 0.150. The van der Waals surface area contributed by atoms with Crippen LogP contribution in [0.3, 0.4) is 0 Å². The monoisotopic (exact) mass is 569 g/mol. The molecule has 4 nitrogen and oxygen atoms in total. The van der Waals surface area contributed by atoms with Crippen LogP contribution in [0.2, 0.25) is 0 Å². The summed E-state index contributed by atoms with van der Waals surface area (Å²) in [6, 6.07) is 36.7. The van der Waals surface area contributed by atoms with Crippen molar-refractivity contribution in [2.24, 2.45) is 0 Å². The van der Waals surface area contributed by atoms with Gasteiger partial charge in [0.1, 0.15) is 11.6 Å². The highest BCUT2D eigenvalue weighted by Crippen LogP contribution is 2.32. The van der Waals surface area contributed by atoms with E-state index in [1.165, 1.54) is 12.1 Å². The number of ether oxygens (including phenoxy) is 1. The van der Waals surface area contributed by atoms with Crippen LogP contribution < -0.4 is 4.74 Å². The van der Waals surface area contributed by atoms with E-state index in [0.29, 0.717) is 19.6 Å². The van der Waals surface area contributed by atoms with Crippen molar-refractivity contribution >= 4 is 0 Å². The van der Waals surface area contributed by atoms with Crippen molar-refractivity contribution in [3.63, 3.8) is 0 Å².